The van der Waals surface area contributed by atoms with E-state index in [4.69, 9.17) is 10.5 Å². The molecule has 0 aliphatic rings. The zero-order valence-electron chi connectivity index (χ0n) is 25.5. The number of carbonyl (C=O) groups excluding carboxylic acids is 4. The van der Waals surface area contributed by atoms with Gasteiger partial charge in [0.05, 0.1) is 5.92 Å². The largest absolute Gasteiger partial charge is 0.445 e. The van der Waals surface area contributed by atoms with Crippen molar-refractivity contribution in [2.75, 3.05) is 6.54 Å². The summed E-state index contributed by atoms with van der Waals surface area (Å²) in [6, 6.07) is 34.1. The summed E-state index contributed by atoms with van der Waals surface area (Å²) in [6.07, 6.45) is 0.142. The molecule has 0 heterocycles. The molecular weight excluding hydrogens is 582 g/mol. The van der Waals surface area contributed by atoms with Crippen molar-refractivity contribution in [3.63, 3.8) is 0 Å². The molecule has 0 radical (unpaired) electrons. The number of carbonyl (C=O) groups is 4. The molecule has 0 saturated heterocycles. The molecule has 0 aliphatic carbocycles. The van der Waals surface area contributed by atoms with Crippen molar-refractivity contribution < 1.29 is 23.9 Å². The van der Waals surface area contributed by atoms with Gasteiger partial charge in [0.2, 0.25) is 11.8 Å². The van der Waals surface area contributed by atoms with E-state index in [0.29, 0.717) is 13.0 Å². The van der Waals surface area contributed by atoms with Crippen LogP contribution in [-0.2, 0) is 34.0 Å². The molecule has 6 N–H and O–H groups in total. The molecule has 46 heavy (non-hydrogen) atoms. The van der Waals surface area contributed by atoms with Crippen LogP contribution in [0.2, 0.25) is 0 Å². The molecule has 0 unspecified atom stereocenters. The molecule has 4 rings (SSSR count). The van der Waals surface area contributed by atoms with Gasteiger partial charge in [-0.25, -0.2) is 9.59 Å². The molecule has 0 aliphatic heterocycles. The lowest BCUT2D eigenvalue weighted by Crippen LogP contribution is -2.48. The fraction of sp³-hybridized carbons (Fsp3) is 0.222. The highest BCUT2D eigenvalue weighted by Crippen LogP contribution is 2.25. The molecule has 4 aromatic rings. The normalized spacial score (nSPS) is 11.2. The molecule has 0 aromatic heterocycles. The molecule has 0 spiro atoms. The summed E-state index contributed by atoms with van der Waals surface area (Å²) >= 11 is 0. The van der Waals surface area contributed by atoms with E-state index in [2.05, 4.69) is 21.3 Å². The van der Waals surface area contributed by atoms with Gasteiger partial charge in [0.15, 0.2) is 0 Å². The number of nitrogens with two attached hydrogens (primary N) is 1. The van der Waals surface area contributed by atoms with E-state index in [0.717, 1.165) is 27.8 Å². The van der Waals surface area contributed by atoms with Crippen molar-refractivity contribution in [3.8, 4) is 0 Å². The molecule has 1 atom stereocenters. The summed E-state index contributed by atoms with van der Waals surface area (Å²) in [4.78, 5) is 50.5. The number of urea groups is 1. The van der Waals surface area contributed by atoms with Crippen molar-refractivity contribution in [2.45, 2.75) is 44.5 Å². The van der Waals surface area contributed by atoms with Crippen LogP contribution in [0.5, 0.6) is 0 Å². The number of primary amides is 1. The van der Waals surface area contributed by atoms with E-state index < -0.39 is 24.1 Å². The standard InChI is InChI=1S/C36H39N5O5/c37-35(44)40-24-27-20-18-26(19-21-27)23-39-33(42)31(17-10-22-38-36(45)46-25-28-11-4-1-5-12-28)41-34(43)32(29-13-6-2-7-14-29)30-15-8-3-9-16-30/h1-9,11-16,18-21,31-32H,10,17,22-25H2,(H,38,45)(H,39,42)(H,41,43)(H3,37,40,44)/t31-/m1/s1. The quantitative estimate of drug-likeness (QED) is 0.124. The zero-order chi connectivity index (χ0) is 32.6. The minimum Gasteiger partial charge on any atom is -0.445 e. The highest BCUT2D eigenvalue weighted by Gasteiger charge is 2.27. The van der Waals surface area contributed by atoms with Crippen LogP contribution in [0.1, 0.15) is 46.6 Å². The van der Waals surface area contributed by atoms with Gasteiger partial charge < -0.3 is 31.7 Å². The summed E-state index contributed by atoms with van der Waals surface area (Å²) in [5, 5.41) is 11.2. The van der Waals surface area contributed by atoms with E-state index in [1.807, 2.05) is 115 Å². The molecular formula is C36H39N5O5. The topological polar surface area (TPSA) is 152 Å². The predicted octanol–water partition coefficient (Wildman–Crippen LogP) is 4.49. The van der Waals surface area contributed by atoms with E-state index in [1.54, 1.807) is 0 Å². The van der Waals surface area contributed by atoms with Crippen molar-refractivity contribution in [1.29, 1.82) is 0 Å². The van der Waals surface area contributed by atoms with Gasteiger partial charge in [-0.1, -0.05) is 115 Å². The number of ether oxygens (including phenoxy) is 1. The van der Waals surface area contributed by atoms with E-state index in [9.17, 15) is 19.2 Å². The Morgan fingerprint density at radius 2 is 1.13 bits per heavy atom. The Morgan fingerprint density at radius 3 is 1.67 bits per heavy atom. The Balaban J connectivity index is 1.39. The first-order valence-electron chi connectivity index (χ1n) is 15.1. The average Bonchev–Trinajstić information content (AvgIpc) is 3.08. The Labute approximate surface area is 268 Å². The second-order valence-corrected chi connectivity index (χ2v) is 10.7. The average molecular weight is 622 g/mol. The van der Waals surface area contributed by atoms with Gasteiger partial charge in [-0.15, -0.1) is 0 Å². The first-order valence-corrected chi connectivity index (χ1v) is 15.1. The fourth-order valence-electron chi connectivity index (χ4n) is 4.86. The van der Waals surface area contributed by atoms with Gasteiger partial charge in [0.1, 0.15) is 12.6 Å². The van der Waals surface area contributed by atoms with Crippen molar-refractivity contribution in [1.82, 2.24) is 21.3 Å². The first kappa shape index (κ1) is 33.3. The van der Waals surface area contributed by atoms with Gasteiger partial charge in [-0.3, -0.25) is 9.59 Å². The third kappa shape index (κ3) is 10.8. The molecule has 0 bridgehead atoms. The maximum Gasteiger partial charge on any atom is 0.407 e. The Bertz CT molecular complexity index is 1510. The summed E-state index contributed by atoms with van der Waals surface area (Å²) in [6.45, 7) is 0.944. The highest BCUT2D eigenvalue weighted by atomic mass is 16.5. The Kier molecular flexibility index (Phi) is 12.7. The second-order valence-electron chi connectivity index (χ2n) is 10.7. The van der Waals surface area contributed by atoms with E-state index in [-0.39, 0.29) is 37.9 Å². The summed E-state index contributed by atoms with van der Waals surface area (Å²) in [5.74, 6) is -1.27. The van der Waals surface area contributed by atoms with Gasteiger partial charge in [-0.05, 0) is 40.7 Å². The smallest absolute Gasteiger partial charge is 0.407 e. The number of rotatable bonds is 15. The molecule has 5 amide bonds. The van der Waals surface area contributed by atoms with Crippen LogP contribution in [0.25, 0.3) is 0 Å². The lowest BCUT2D eigenvalue weighted by atomic mass is 9.90. The first-order chi connectivity index (χ1) is 22.4. The van der Waals surface area contributed by atoms with Crippen LogP contribution < -0.4 is 27.0 Å². The molecule has 4 aromatic carbocycles. The van der Waals surface area contributed by atoms with E-state index in [1.165, 1.54) is 0 Å². The maximum atomic E-state index is 13.8. The van der Waals surface area contributed by atoms with Crippen molar-refractivity contribution in [3.05, 3.63) is 143 Å². The second kappa shape index (κ2) is 17.6. The van der Waals surface area contributed by atoms with Crippen LogP contribution in [0.3, 0.4) is 0 Å². The van der Waals surface area contributed by atoms with Gasteiger partial charge in [0.25, 0.3) is 0 Å². The third-order valence-electron chi connectivity index (χ3n) is 7.27. The lowest BCUT2D eigenvalue weighted by molar-refractivity contribution is -0.129. The van der Waals surface area contributed by atoms with Gasteiger partial charge in [-0.2, -0.15) is 0 Å². The lowest BCUT2D eigenvalue weighted by Gasteiger charge is -2.23. The zero-order valence-corrected chi connectivity index (χ0v) is 25.5. The molecule has 238 valence electrons. The van der Waals surface area contributed by atoms with Gasteiger partial charge >= 0.3 is 12.1 Å². The summed E-state index contributed by atoms with van der Waals surface area (Å²) in [7, 11) is 0. The third-order valence-corrected chi connectivity index (χ3v) is 7.27. The Hall–Kier alpha value is -5.64. The van der Waals surface area contributed by atoms with E-state index >= 15 is 0 Å². The molecule has 10 nitrogen and oxygen atoms in total. The van der Waals surface area contributed by atoms with Crippen LogP contribution in [0.4, 0.5) is 9.59 Å². The predicted molar refractivity (Wildman–Crippen MR) is 175 cm³/mol. The monoisotopic (exact) mass is 621 g/mol. The number of alkyl carbamates (subject to hydrolysis) is 1. The molecule has 0 fully saturated rings. The number of hydrogen-bond acceptors (Lipinski definition) is 5. The van der Waals surface area contributed by atoms with Crippen LogP contribution in [0, 0.1) is 0 Å². The summed E-state index contributed by atoms with van der Waals surface area (Å²) in [5.41, 5.74) is 9.33. The van der Waals surface area contributed by atoms with Crippen LogP contribution in [-0.4, -0.2) is 36.5 Å². The maximum absolute atomic E-state index is 13.8. The highest BCUT2D eigenvalue weighted by molar-refractivity contribution is 5.92. The minimum absolute atomic E-state index is 0.150. The number of nitrogens with one attached hydrogen (secondary N) is 4. The van der Waals surface area contributed by atoms with Crippen molar-refractivity contribution >= 4 is 23.9 Å². The Morgan fingerprint density at radius 1 is 0.609 bits per heavy atom. The minimum atomic E-state index is -0.858. The molecule has 0 saturated carbocycles. The molecule has 10 heteroatoms. The van der Waals surface area contributed by atoms with Crippen LogP contribution in [0.15, 0.2) is 115 Å². The number of benzene rings is 4. The fourth-order valence-corrected chi connectivity index (χ4v) is 4.86. The number of hydrogen-bond donors (Lipinski definition) is 5. The number of amides is 5. The summed E-state index contributed by atoms with van der Waals surface area (Å²) < 4.78 is 5.27. The SMILES string of the molecule is NC(=O)NCc1ccc(CNC(=O)[C@@H](CCCNC(=O)OCc2ccccc2)NC(=O)C(c2ccccc2)c2ccccc2)cc1. The van der Waals surface area contributed by atoms with Crippen LogP contribution >= 0.6 is 0 Å². The van der Waals surface area contributed by atoms with Crippen molar-refractivity contribution in [2.24, 2.45) is 5.73 Å². The van der Waals surface area contributed by atoms with Gasteiger partial charge in [0, 0.05) is 19.6 Å².